The summed E-state index contributed by atoms with van der Waals surface area (Å²) in [5.41, 5.74) is 0.462. The van der Waals surface area contributed by atoms with Crippen molar-refractivity contribution in [1.29, 1.82) is 0 Å². The lowest BCUT2D eigenvalue weighted by Gasteiger charge is -2.36. The van der Waals surface area contributed by atoms with E-state index < -0.39 is 5.97 Å². The molecular weight excluding hydrogens is 258 g/mol. The fourth-order valence-electron chi connectivity index (χ4n) is 2.53. The van der Waals surface area contributed by atoms with E-state index in [1.54, 1.807) is 4.90 Å². The SMILES string of the molecule is CC1CCN(C(=O)Nc2cncc(C(=O)O)c2)C(C)C1. The molecule has 0 bridgehead atoms. The second-order valence-corrected chi connectivity index (χ2v) is 5.37. The Kier molecular flexibility index (Phi) is 4.22. The monoisotopic (exact) mass is 277 g/mol. The molecule has 6 heteroatoms. The fourth-order valence-corrected chi connectivity index (χ4v) is 2.53. The predicted octanol–water partition coefficient (Wildman–Crippen LogP) is 2.43. The maximum Gasteiger partial charge on any atom is 0.337 e. The van der Waals surface area contributed by atoms with Crippen molar-refractivity contribution in [3.8, 4) is 0 Å². The van der Waals surface area contributed by atoms with Gasteiger partial charge >= 0.3 is 12.0 Å². The zero-order chi connectivity index (χ0) is 14.7. The highest BCUT2D eigenvalue weighted by molar-refractivity contribution is 5.92. The highest BCUT2D eigenvalue weighted by atomic mass is 16.4. The van der Waals surface area contributed by atoms with Crippen LogP contribution in [0.25, 0.3) is 0 Å². The Bertz CT molecular complexity index is 518. The largest absolute Gasteiger partial charge is 0.478 e. The lowest BCUT2D eigenvalue weighted by atomic mass is 9.94. The number of urea groups is 1. The minimum atomic E-state index is -1.06. The molecule has 2 rings (SSSR count). The number of aromatic nitrogens is 1. The van der Waals surface area contributed by atoms with Gasteiger partial charge in [0.15, 0.2) is 0 Å². The minimum absolute atomic E-state index is 0.0584. The van der Waals surface area contributed by atoms with Crippen LogP contribution in [-0.4, -0.2) is 39.6 Å². The summed E-state index contributed by atoms with van der Waals surface area (Å²) in [5.74, 6) is -0.431. The van der Waals surface area contributed by atoms with E-state index in [0.29, 0.717) is 11.6 Å². The van der Waals surface area contributed by atoms with E-state index in [-0.39, 0.29) is 17.6 Å². The second kappa shape index (κ2) is 5.90. The van der Waals surface area contributed by atoms with Crippen LogP contribution in [0.5, 0.6) is 0 Å². The standard InChI is InChI=1S/C14H19N3O3/c1-9-3-4-17(10(2)5-9)14(20)16-12-6-11(13(18)19)7-15-8-12/h6-10H,3-5H2,1-2H3,(H,16,20)(H,18,19). The molecule has 0 saturated carbocycles. The van der Waals surface area contributed by atoms with E-state index >= 15 is 0 Å². The van der Waals surface area contributed by atoms with Crippen molar-refractivity contribution in [3.63, 3.8) is 0 Å². The number of nitrogens with zero attached hydrogens (tertiary/aromatic N) is 2. The Morgan fingerprint density at radius 2 is 2.15 bits per heavy atom. The van der Waals surface area contributed by atoms with Crippen LogP contribution in [0.4, 0.5) is 10.5 Å². The number of amides is 2. The van der Waals surface area contributed by atoms with E-state index in [0.717, 1.165) is 19.4 Å². The average molecular weight is 277 g/mol. The number of carboxylic acids is 1. The quantitative estimate of drug-likeness (QED) is 0.869. The summed E-state index contributed by atoms with van der Waals surface area (Å²) in [4.78, 5) is 28.7. The lowest BCUT2D eigenvalue weighted by molar-refractivity contribution is 0.0696. The number of hydrogen-bond donors (Lipinski definition) is 2. The summed E-state index contributed by atoms with van der Waals surface area (Å²) in [5, 5.41) is 11.6. The van der Waals surface area contributed by atoms with Crippen molar-refractivity contribution < 1.29 is 14.7 Å². The van der Waals surface area contributed by atoms with Gasteiger partial charge in [0.25, 0.3) is 0 Å². The zero-order valence-electron chi connectivity index (χ0n) is 11.7. The van der Waals surface area contributed by atoms with Crippen LogP contribution >= 0.6 is 0 Å². The van der Waals surface area contributed by atoms with Crippen molar-refractivity contribution in [2.24, 2.45) is 5.92 Å². The van der Waals surface area contributed by atoms with Crippen LogP contribution in [0.2, 0.25) is 0 Å². The third kappa shape index (κ3) is 3.26. The van der Waals surface area contributed by atoms with E-state index in [4.69, 9.17) is 5.11 Å². The highest BCUT2D eigenvalue weighted by Crippen LogP contribution is 2.22. The maximum atomic E-state index is 12.2. The molecule has 1 aromatic rings. The van der Waals surface area contributed by atoms with Crippen molar-refractivity contribution in [1.82, 2.24) is 9.88 Å². The number of carboxylic acid groups (broad SMARTS) is 1. The summed E-state index contributed by atoms with van der Waals surface area (Å²) in [7, 11) is 0. The number of anilines is 1. The molecule has 0 spiro atoms. The summed E-state index contributed by atoms with van der Waals surface area (Å²) < 4.78 is 0. The summed E-state index contributed by atoms with van der Waals surface area (Å²) >= 11 is 0. The van der Waals surface area contributed by atoms with E-state index in [9.17, 15) is 9.59 Å². The topological polar surface area (TPSA) is 82.5 Å². The Hall–Kier alpha value is -2.11. The van der Waals surface area contributed by atoms with Gasteiger partial charge in [-0.25, -0.2) is 9.59 Å². The van der Waals surface area contributed by atoms with Gasteiger partial charge in [-0.2, -0.15) is 0 Å². The van der Waals surface area contributed by atoms with Crippen LogP contribution in [0.15, 0.2) is 18.5 Å². The molecule has 0 radical (unpaired) electrons. The molecule has 2 heterocycles. The van der Waals surface area contributed by atoms with Crippen molar-refractivity contribution in [3.05, 3.63) is 24.0 Å². The van der Waals surface area contributed by atoms with E-state index in [1.165, 1.54) is 18.5 Å². The number of hydrogen-bond acceptors (Lipinski definition) is 3. The van der Waals surface area contributed by atoms with Crippen LogP contribution < -0.4 is 5.32 Å². The molecule has 2 N–H and O–H groups in total. The first-order valence-corrected chi connectivity index (χ1v) is 6.73. The number of rotatable bonds is 2. The van der Waals surface area contributed by atoms with Gasteiger partial charge in [-0.3, -0.25) is 4.98 Å². The van der Waals surface area contributed by atoms with E-state index in [2.05, 4.69) is 17.2 Å². The van der Waals surface area contributed by atoms with Gasteiger partial charge in [0.1, 0.15) is 0 Å². The van der Waals surface area contributed by atoms with Gasteiger partial charge in [0, 0.05) is 18.8 Å². The van der Waals surface area contributed by atoms with E-state index in [1.807, 2.05) is 6.92 Å². The number of pyridine rings is 1. The number of likely N-dealkylation sites (tertiary alicyclic amines) is 1. The van der Waals surface area contributed by atoms with Gasteiger partial charge in [0.05, 0.1) is 17.4 Å². The van der Waals surface area contributed by atoms with Gasteiger partial charge in [-0.1, -0.05) is 6.92 Å². The maximum absolute atomic E-state index is 12.2. The second-order valence-electron chi connectivity index (χ2n) is 5.37. The van der Waals surface area contributed by atoms with Crippen molar-refractivity contribution >= 4 is 17.7 Å². The molecule has 6 nitrogen and oxygen atoms in total. The molecule has 2 unspecified atom stereocenters. The Morgan fingerprint density at radius 3 is 2.80 bits per heavy atom. The molecule has 2 atom stereocenters. The lowest BCUT2D eigenvalue weighted by Crippen LogP contribution is -2.46. The number of piperidine rings is 1. The molecule has 20 heavy (non-hydrogen) atoms. The average Bonchev–Trinajstić information content (AvgIpc) is 2.38. The molecule has 1 saturated heterocycles. The number of carbonyl (C=O) groups is 2. The van der Waals surface area contributed by atoms with Crippen LogP contribution in [0.1, 0.15) is 37.0 Å². The van der Waals surface area contributed by atoms with Gasteiger partial charge in [0.2, 0.25) is 0 Å². The number of nitrogens with one attached hydrogen (secondary N) is 1. The molecule has 0 aliphatic carbocycles. The Balaban J connectivity index is 2.04. The Labute approximate surface area is 117 Å². The molecule has 1 aliphatic rings. The predicted molar refractivity (Wildman–Crippen MR) is 74.8 cm³/mol. The third-order valence-corrected chi connectivity index (χ3v) is 3.64. The molecule has 108 valence electrons. The number of aromatic carboxylic acids is 1. The zero-order valence-corrected chi connectivity index (χ0v) is 11.7. The van der Waals surface area contributed by atoms with Crippen LogP contribution in [0.3, 0.4) is 0 Å². The van der Waals surface area contributed by atoms with Gasteiger partial charge in [-0.05, 0) is 31.7 Å². The molecule has 1 aliphatic heterocycles. The summed E-state index contributed by atoms with van der Waals surface area (Å²) in [6, 6.07) is 1.40. The summed E-state index contributed by atoms with van der Waals surface area (Å²) in [6.07, 6.45) is 4.68. The highest BCUT2D eigenvalue weighted by Gasteiger charge is 2.26. The molecule has 1 fully saturated rings. The van der Waals surface area contributed by atoms with Gasteiger partial charge in [-0.15, -0.1) is 0 Å². The molecule has 0 aromatic carbocycles. The van der Waals surface area contributed by atoms with Crippen LogP contribution in [0, 0.1) is 5.92 Å². The smallest absolute Gasteiger partial charge is 0.337 e. The third-order valence-electron chi connectivity index (χ3n) is 3.64. The number of carbonyl (C=O) groups excluding carboxylic acids is 1. The molecule has 1 aromatic heterocycles. The first-order chi connectivity index (χ1) is 9.47. The molecular formula is C14H19N3O3. The first-order valence-electron chi connectivity index (χ1n) is 6.73. The normalized spacial score (nSPS) is 22.4. The van der Waals surface area contributed by atoms with Gasteiger partial charge < -0.3 is 15.3 Å². The summed E-state index contributed by atoms with van der Waals surface area (Å²) in [6.45, 7) is 4.94. The Morgan fingerprint density at radius 1 is 1.40 bits per heavy atom. The fraction of sp³-hybridized carbons (Fsp3) is 0.500. The molecule has 2 amide bonds. The van der Waals surface area contributed by atoms with Crippen molar-refractivity contribution in [2.75, 3.05) is 11.9 Å². The van der Waals surface area contributed by atoms with Crippen molar-refractivity contribution in [2.45, 2.75) is 32.7 Å². The minimum Gasteiger partial charge on any atom is -0.478 e. The first kappa shape index (κ1) is 14.3. The van der Waals surface area contributed by atoms with Crippen LogP contribution in [-0.2, 0) is 0 Å².